The second-order valence-electron chi connectivity index (χ2n) is 3.80. The second kappa shape index (κ2) is 6.04. The summed E-state index contributed by atoms with van der Waals surface area (Å²) in [5.74, 6) is -0.431. The van der Waals surface area contributed by atoms with Gasteiger partial charge in [-0.1, -0.05) is 0 Å². The molecular weight excluding hydrogens is 245 g/mol. The molecule has 0 aliphatic rings. The average Bonchev–Trinajstić information content (AvgIpc) is 2.24. The van der Waals surface area contributed by atoms with Crippen LogP contribution in [0.1, 0.15) is 25.1 Å². The zero-order valence-corrected chi connectivity index (χ0v) is 10.4. The minimum Gasteiger partial charge on any atom is -0.309 e. The Bertz CT molecular complexity index is 447. The summed E-state index contributed by atoms with van der Waals surface area (Å²) in [6.45, 7) is 2.38. The molecule has 0 radical (unpaired) electrons. The summed E-state index contributed by atoms with van der Waals surface area (Å²) in [6, 6.07) is 2.87. The molecule has 0 aliphatic heterocycles. The van der Waals surface area contributed by atoms with Crippen LogP contribution in [-0.4, -0.2) is 25.7 Å². The quantitative estimate of drug-likeness (QED) is 0.732. The summed E-state index contributed by atoms with van der Waals surface area (Å²) in [4.78, 5) is 3.93. The lowest BCUT2D eigenvalue weighted by Crippen LogP contribution is -2.24. The molecule has 1 unspecified atom stereocenters. The van der Waals surface area contributed by atoms with E-state index in [0.717, 1.165) is 6.20 Å². The van der Waals surface area contributed by atoms with Gasteiger partial charge >= 0.3 is 0 Å². The van der Waals surface area contributed by atoms with Crippen molar-refractivity contribution in [3.63, 3.8) is 0 Å². The summed E-state index contributed by atoms with van der Waals surface area (Å²) in [6.07, 6.45) is 1.59. The zero-order chi connectivity index (χ0) is 12.9. The van der Waals surface area contributed by atoms with Crippen molar-refractivity contribution in [1.29, 1.82) is 0 Å². The molecule has 1 rings (SSSR count). The Hall–Kier alpha value is -1.05. The van der Waals surface area contributed by atoms with Crippen LogP contribution in [0.2, 0.25) is 0 Å². The van der Waals surface area contributed by atoms with Gasteiger partial charge in [0, 0.05) is 6.04 Å². The standard InChI is InChI=1S/C10H16FN3O2S/c1-8(10-4-3-9(11)7-14-10)13-5-2-6-17(12,15)16/h3-4,7-8,13H,2,5-6H2,1H3,(H2,12,15,16). The van der Waals surface area contributed by atoms with Gasteiger partial charge in [-0.15, -0.1) is 0 Å². The lowest BCUT2D eigenvalue weighted by molar-refractivity contribution is 0.547. The highest BCUT2D eigenvalue weighted by atomic mass is 32.2. The summed E-state index contributed by atoms with van der Waals surface area (Å²) < 4.78 is 34.0. The van der Waals surface area contributed by atoms with Crippen LogP contribution in [0.3, 0.4) is 0 Å². The predicted molar refractivity (Wildman–Crippen MR) is 63.2 cm³/mol. The maximum atomic E-state index is 12.6. The van der Waals surface area contributed by atoms with Gasteiger partial charge in [0.15, 0.2) is 0 Å². The minimum absolute atomic E-state index is 0.0520. The van der Waals surface area contributed by atoms with Gasteiger partial charge in [0.2, 0.25) is 10.0 Å². The molecule has 0 saturated heterocycles. The number of hydrogen-bond donors (Lipinski definition) is 2. The van der Waals surface area contributed by atoms with E-state index < -0.39 is 10.0 Å². The first-order valence-electron chi connectivity index (χ1n) is 5.24. The van der Waals surface area contributed by atoms with Crippen molar-refractivity contribution in [1.82, 2.24) is 10.3 Å². The second-order valence-corrected chi connectivity index (χ2v) is 5.53. The van der Waals surface area contributed by atoms with Gasteiger partial charge in [0.25, 0.3) is 0 Å². The molecule has 0 saturated carbocycles. The third kappa shape index (κ3) is 5.71. The first-order chi connectivity index (χ1) is 7.88. The van der Waals surface area contributed by atoms with E-state index in [1.807, 2.05) is 6.92 Å². The summed E-state index contributed by atoms with van der Waals surface area (Å²) in [7, 11) is -3.40. The molecule has 0 aromatic carbocycles. The molecule has 0 spiro atoms. The number of primary sulfonamides is 1. The molecule has 1 aromatic heterocycles. The van der Waals surface area contributed by atoms with Crippen LogP contribution in [0.5, 0.6) is 0 Å². The fraction of sp³-hybridized carbons (Fsp3) is 0.500. The van der Waals surface area contributed by atoms with Crippen LogP contribution in [0, 0.1) is 5.82 Å². The van der Waals surface area contributed by atoms with Crippen LogP contribution < -0.4 is 10.5 Å². The van der Waals surface area contributed by atoms with Crippen molar-refractivity contribution in [3.8, 4) is 0 Å². The maximum absolute atomic E-state index is 12.6. The Morgan fingerprint density at radius 2 is 2.24 bits per heavy atom. The fourth-order valence-corrected chi connectivity index (χ4v) is 1.89. The third-order valence-corrected chi connectivity index (χ3v) is 3.11. The van der Waals surface area contributed by atoms with E-state index >= 15 is 0 Å². The van der Waals surface area contributed by atoms with Gasteiger partial charge in [-0.25, -0.2) is 17.9 Å². The van der Waals surface area contributed by atoms with E-state index in [2.05, 4.69) is 10.3 Å². The SMILES string of the molecule is CC(NCCCS(N)(=O)=O)c1ccc(F)cn1. The van der Waals surface area contributed by atoms with E-state index in [0.29, 0.717) is 18.7 Å². The topological polar surface area (TPSA) is 85.1 Å². The first-order valence-corrected chi connectivity index (χ1v) is 6.95. The molecule has 96 valence electrons. The Balaban J connectivity index is 2.35. The van der Waals surface area contributed by atoms with Crippen molar-refractivity contribution in [3.05, 3.63) is 29.8 Å². The number of sulfonamides is 1. The number of nitrogens with zero attached hydrogens (tertiary/aromatic N) is 1. The number of nitrogens with one attached hydrogen (secondary N) is 1. The van der Waals surface area contributed by atoms with Gasteiger partial charge < -0.3 is 5.32 Å². The van der Waals surface area contributed by atoms with E-state index in [-0.39, 0.29) is 17.6 Å². The predicted octanol–water partition coefficient (Wildman–Crippen LogP) is 0.550. The number of rotatable bonds is 6. The minimum atomic E-state index is -3.40. The lowest BCUT2D eigenvalue weighted by Gasteiger charge is -2.12. The lowest BCUT2D eigenvalue weighted by atomic mass is 10.2. The molecule has 17 heavy (non-hydrogen) atoms. The highest BCUT2D eigenvalue weighted by molar-refractivity contribution is 7.89. The van der Waals surface area contributed by atoms with Crippen LogP contribution in [0.4, 0.5) is 4.39 Å². The van der Waals surface area contributed by atoms with Gasteiger partial charge in [0.05, 0.1) is 17.6 Å². The monoisotopic (exact) mass is 261 g/mol. The summed E-state index contributed by atoms with van der Waals surface area (Å²) in [5.41, 5.74) is 0.710. The zero-order valence-electron chi connectivity index (χ0n) is 9.56. The van der Waals surface area contributed by atoms with Crippen molar-refractivity contribution < 1.29 is 12.8 Å². The molecule has 0 aliphatic carbocycles. The van der Waals surface area contributed by atoms with E-state index in [4.69, 9.17) is 5.14 Å². The molecule has 1 atom stereocenters. The van der Waals surface area contributed by atoms with Crippen LogP contribution in [0.15, 0.2) is 18.3 Å². The highest BCUT2D eigenvalue weighted by Crippen LogP contribution is 2.08. The Labute approximate surface area is 100 Å². The fourth-order valence-electron chi connectivity index (χ4n) is 1.34. The number of aromatic nitrogens is 1. The van der Waals surface area contributed by atoms with Crippen LogP contribution >= 0.6 is 0 Å². The molecule has 3 N–H and O–H groups in total. The molecule has 5 nitrogen and oxygen atoms in total. The molecule has 1 aromatic rings. The number of nitrogens with two attached hydrogens (primary N) is 1. The van der Waals surface area contributed by atoms with Gasteiger partial charge in [-0.05, 0) is 32.0 Å². The van der Waals surface area contributed by atoms with Crippen molar-refractivity contribution in [2.24, 2.45) is 5.14 Å². The van der Waals surface area contributed by atoms with Crippen molar-refractivity contribution in [2.75, 3.05) is 12.3 Å². The molecular formula is C10H16FN3O2S. The maximum Gasteiger partial charge on any atom is 0.209 e. The number of halogens is 1. The molecule has 1 heterocycles. The Kier molecular flexibility index (Phi) is 4.98. The van der Waals surface area contributed by atoms with Crippen molar-refractivity contribution in [2.45, 2.75) is 19.4 Å². The first kappa shape index (κ1) is 14.0. The van der Waals surface area contributed by atoms with E-state index in [1.54, 1.807) is 6.07 Å². The average molecular weight is 261 g/mol. The molecule has 0 bridgehead atoms. The molecule has 0 fully saturated rings. The highest BCUT2D eigenvalue weighted by Gasteiger charge is 2.07. The number of pyridine rings is 1. The summed E-state index contributed by atoms with van der Waals surface area (Å²) in [5, 5.41) is 7.96. The largest absolute Gasteiger partial charge is 0.309 e. The van der Waals surface area contributed by atoms with E-state index in [9.17, 15) is 12.8 Å². The molecule has 0 amide bonds. The third-order valence-electron chi connectivity index (χ3n) is 2.25. The van der Waals surface area contributed by atoms with Gasteiger partial charge in [0.1, 0.15) is 5.82 Å². The van der Waals surface area contributed by atoms with E-state index in [1.165, 1.54) is 6.07 Å². The normalized spacial score (nSPS) is 13.6. The van der Waals surface area contributed by atoms with Gasteiger partial charge in [-0.3, -0.25) is 4.98 Å². The van der Waals surface area contributed by atoms with Gasteiger partial charge in [-0.2, -0.15) is 0 Å². The molecule has 7 heteroatoms. The Morgan fingerprint density at radius 3 is 2.76 bits per heavy atom. The smallest absolute Gasteiger partial charge is 0.209 e. The van der Waals surface area contributed by atoms with Crippen LogP contribution in [-0.2, 0) is 10.0 Å². The van der Waals surface area contributed by atoms with Crippen molar-refractivity contribution >= 4 is 10.0 Å². The number of hydrogen-bond acceptors (Lipinski definition) is 4. The van der Waals surface area contributed by atoms with Crippen LogP contribution in [0.25, 0.3) is 0 Å². The summed E-state index contributed by atoms with van der Waals surface area (Å²) >= 11 is 0. The Morgan fingerprint density at radius 1 is 1.53 bits per heavy atom.